The lowest BCUT2D eigenvalue weighted by Crippen LogP contribution is -2.11. The highest BCUT2D eigenvalue weighted by Gasteiger charge is 2.00. The van der Waals surface area contributed by atoms with Crippen molar-refractivity contribution >= 4 is 11.3 Å². The van der Waals surface area contributed by atoms with E-state index >= 15 is 0 Å². The molecule has 2 aromatic rings. The zero-order chi connectivity index (χ0) is 11.4. The van der Waals surface area contributed by atoms with E-state index in [4.69, 9.17) is 0 Å². The Morgan fingerprint density at radius 2 is 2.12 bits per heavy atom. The molecule has 1 aromatic carbocycles. The highest BCUT2D eigenvalue weighted by molar-refractivity contribution is 7.11. The Kier molecular flexibility index (Phi) is 3.54. The van der Waals surface area contributed by atoms with E-state index in [1.165, 1.54) is 4.88 Å². The van der Waals surface area contributed by atoms with E-state index in [2.05, 4.69) is 10.3 Å². The number of aryl methyl sites for hydroxylation is 1. The van der Waals surface area contributed by atoms with Crippen molar-refractivity contribution in [2.24, 2.45) is 0 Å². The van der Waals surface area contributed by atoms with Crippen molar-refractivity contribution < 1.29 is 5.11 Å². The lowest BCUT2D eigenvalue weighted by atomic mass is 10.2. The van der Waals surface area contributed by atoms with Crippen LogP contribution in [0.2, 0.25) is 0 Å². The quantitative estimate of drug-likeness (QED) is 0.854. The van der Waals surface area contributed by atoms with Crippen LogP contribution in [0.5, 0.6) is 5.75 Å². The fraction of sp³-hybridized carbons (Fsp3) is 0.250. The second-order valence-electron chi connectivity index (χ2n) is 3.58. The maximum Gasteiger partial charge on any atom is 0.120 e. The maximum absolute atomic E-state index is 9.56. The Morgan fingerprint density at radius 1 is 1.31 bits per heavy atom. The van der Waals surface area contributed by atoms with Crippen LogP contribution in [0, 0.1) is 6.92 Å². The largest absolute Gasteiger partial charge is 0.508 e. The number of aromatic nitrogens is 1. The highest BCUT2D eigenvalue weighted by atomic mass is 32.1. The van der Waals surface area contributed by atoms with Gasteiger partial charge in [0.15, 0.2) is 0 Å². The molecule has 84 valence electrons. The fourth-order valence-electron chi connectivity index (χ4n) is 1.47. The third-order valence-electron chi connectivity index (χ3n) is 2.28. The summed E-state index contributed by atoms with van der Waals surface area (Å²) in [5, 5.41) is 13.9. The summed E-state index contributed by atoms with van der Waals surface area (Å²) in [6, 6.07) is 7.37. The van der Waals surface area contributed by atoms with Gasteiger partial charge in [0, 0.05) is 29.7 Å². The van der Waals surface area contributed by atoms with Crippen LogP contribution in [0.4, 0.5) is 0 Å². The number of phenolic OH excluding ortho intramolecular Hbond substituents is 1. The van der Waals surface area contributed by atoms with Crippen LogP contribution in [-0.2, 0) is 13.1 Å². The van der Waals surface area contributed by atoms with Gasteiger partial charge in [0.2, 0.25) is 0 Å². The van der Waals surface area contributed by atoms with Crippen LogP contribution < -0.4 is 5.32 Å². The number of para-hydroxylation sites is 1. The molecule has 0 spiro atoms. The molecule has 16 heavy (non-hydrogen) atoms. The second kappa shape index (κ2) is 5.09. The maximum atomic E-state index is 9.56. The van der Waals surface area contributed by atoms with Crippen molar-refractivity contribution in [2.45, 2.75) is 20.0 Å². The van der Waals surface area contributed by atoms with Crippen molar-refractivity contribution in [3.8, 4) is 5.75 Å². The molecule has 0 aliphatic carbocycles. The van der Waals surface area contributed by atoms with E-state index in [0.29, 0.717) is 12.3 Å². The van der Waals surface area contributed by atoms with E-state index in [1.54, 1.807) is 17.4 Å². The van der Waals surface area contributed by atoms with E-state index < -0.39 is 0 Å². The van der Waals surface area contributed by atoms with Gasteiger partial charge < -0.3 is 10.4 Å². The van der Waals surface area contributed by atoms with Gasteiger partial charge in [-0.1, -0.05) is 18.2 Å². The van der Waals surface area contributed by atoms with Crippen LogP contribution >= 0.6 is 11.3 Å². The second-order valence-corrected chi connectivity index (χ2v) is 4.90. The average Bonchev–Trinajstić information content (AvgIpc) is 2.67. The molecule has 0 saturated heterocycles. The molecule has 0 aliphatic heterocycles. The molecular weight excluding hydrogens is 220 g/mol. The Morgan fingerprint density at radius 3 is 2.81 bits per heavy atom. The lowest BCUT2D eigenvalue weighted by molar-refractivity contribution is 0.464. The smallest absolute Gasteiger partial charge is 0.120 e. The molecule has 2 rings (SSSR count). The van der Waals surface area contributed by atoms with Gasteiger partial charge in [-0.05, 0) is 13.0 Å². The van der Waals surface area contributed by atoms with E-state index in [1.807, 2.05) is 31.3 Å². The number of phenols is 1. The van der Waals surface area contributed by atoms with E-state index in [0.717, 1.165) is 17.1 Å². The number of rotatable bonds is 4. The number of nitrogens with one attached hydrogen (secondary N) is 1. The summed E-state index contributed by atoms with van der Waals surface area (Å²) in [5.41, 5.74) is 0.920. The summed E-state index contributed by atoms with van der Waals surface area (Å²) in [6.45, 7) is 3.46. The fourth-order valence-corrected chi connectivity index (χ4v) is 2.23. The summed E-state index contributed by atoms with van der Waals surface area (Å²) in [5.74, 6) is 0.343. The van der Waals surface area contributed by atoms with Gasteiger partial charge in [-0.15, -0.1) is 11.3 Å². The standard InChI is InChI=1S/C12H14N2OS/c1-9-14-8-11(16-9)7-13-6-10-4-2-3-5-12(10)15/h2-5,8,13,15H,6-7H2,1H3. The molecule has 0 aliphatic rings. The average molecular weight is 234 g/mol. The van der Waals surface area contributed by atoms with Gasteiger partial charge in [0.25, 0.3) is 0 Å². The molecule has 0 saturated carbocycles. The number of hydrogen-bond donors (Lipinski definition) is 2. The Balaban J connectivity index is 1.87. The molecule has 4 heteroatoms. The minimum Gasteiger partial charge on any atom is -0.508 e. The third kappa shape index (κ3) is 2.81. The van der Waals surface area contributed by atoms with E-state index in [-0.39, 0.29) is 0 Å². The van der Waals surface area contributed by atoms with Crippen LogP contribution in [0.1, 0.15) is 15.4 Å². The molecular formula is C12H14N2OS. The number of hydrogen-bond acceptors (Lipinski definition) is 4. The summed E-state index contributed by atoms with van der Waals surface area (Å²) < 4.78 is 0. The molecule has 0 radical (unpaired) electrons. The predicted octanol–water partition coefficient (Wildman–Crippen LogP) is 2.45. The monoisotopic (exact) mass is 234 g/mol. The molecule has 0 atom stereocenters. The van der Waals surface area contributed by atoms with Crippen molar-refractivity contribution in [1.29, 1.82) is 0 Å². The van der Waals surface area contributed by atoms with Crippen LogP contribution in [0.3, 0.4) is 0 Å². The number of thiazole rings is 1. The van der Waals surface area contributed by atoms with Gasteiger partial charge in [0.1, 0.15) is 5.75 Å². The van der Waals surface area contributed by atoms with Crippen molar-refractivity contribution in [3.05, 3.63) is 45.9 Å². The molecule has 1 heterocycles. The summed E-state index contributed by atoms with van der Waals surface area (Å²) in [7, 11) is 0. The van der Waals surface area contributed by atoms with Crippen molar-refractivity contribution in [2.75, 3.05) is 0 Å². The molecule has 0 unspecified atom stereocenters. The number of nitrogens with zero attached hydrogens (tertiary/aromatic N) is 1. The molecule has 2 N–H and O–H groups in total. The first-order valence-electron chi connectivity index (χ1n) is 5.14. The minimum absolute atomic E-state index is 0.343. The molecule has 0 bridgehead atoms. The summed E-state index contributed by atoms with van der Waals surface area (Å²) in [6.07, 6.45) is 1.89. The van der Waals surface area contributed by atoms with Crippen molar-refractivity contribution in [1.82, 2.24) is 10.3 Å². The SMILES string of the molecule is Cc1ncc(CNCc2ccccc2O)s1. The molecule has 3 nitrogen and oxygen atoms in total. The third-order valence-corrected chi connectivity index (χ3v) is 3.19. The highest BCUT2D eigenvalue weighted by Crippen LogP contribution is 2.16. The first-order chi connectivity index (χ1) is 7.75. The van der Waals surface area contributed by atoms with Crippen molar-refractivity contribution in [3.63, 3.8) is 0 Å². The van der Waals surface area contributed by atoms with Crippen LogP contribution in [0.25, 0.3) is 0 Å². The first kappa shape index (κ1) is 11.1. The lowest BCUT2D eigenvalue weighted by Gasteiger charge is -2.04. The Labute approximate surface area is 98.8 Å². The van der Waals surface area contributed by atoms with Gasteiger partial charge >= 0.3 is 0 Å². The van der Waals surface area contributed by atoms with Gasteiger partial charge in [0.05, 0.1) is 5.01 Å². The number of aromatic hydroxyl groups is 1. The minimum atomic E-state index is 0.343. The summed E-state index contributed by atoms with van der Waals surface area (Å²) in [4.78, 5) is 5.40. The van der Waals surface area contributed by atoms with Crippen LogP contribution in [0.15, 0.2) is 30.5 Å². The van der Waals surface area contributed by atoms with Crippen LogP contribution in [-0.4, -0.2) is 10.1 Å². The number of benzene rings is 1. The Bertz CT molecular complexity index is 468. The van der Waals surface area contributed by atoms with E-state index in [9.17, 15) is 5.11 Å². The first-order valence-corrected chi connectivity index (χ1v) is 5.96. The zero-order valence-corrected chi connectivity index (χ0v) is 9.92. The molecule has 0 fully saturated rings. The van der Waals surface area contributed by atoms with Gasteiger partial charge in [-0.2, -0.15) is 0 Å². The normalized spacial score (nSPS) is 10.6. The molecule has 1 aromatic heterocycles. The van der Waals surface area contributed by atoms with Gasteiger partial charge in [-0.3, -0.25) is 0 Å². The van der Waals surface area contributed by atoms with Gasteiger partial charge in [-0.25, -0.2) is 4.98 Å². The zero-order valence-electron chi connectivity index (χ0n) is 9.10. The molecule has 0 amide bonds. The topological polar surface area (TPSA) is 45.2 Å². The Hall–Kier alpha value is -1.39. The summed E-state index contributed by atoms with van der Waals surface area (Å²) >= 11 is 1.69. The predicted molar refractivity (Wildman–Crippen MR) is 65.5 cm³/mol.